The quantitative estimate of drug-likeness (QED) is 0.355. The standard InChI is InChI=1S/C26H22FNO3/c1-15-5-4-6-18(13-15)23-22(24(29)21-14-16(2)7-8-17(21)3)25(30)26(31)28(23)20-11-9-19(27)10-12-20/h4-14,23,29H,1-3H3/b24-22+. The molecule has 0 aromatic heterocycles. The molecule has 1 heterocycles. The largest absolute Gasteiger partial charge is 0.507 e. The third-order valence-electron chi connectivity index (χ3n) is 5.56. The number of hydrogen-bond acceptors (Lipinski definition) is 3. The lowest BCUT2D eigenvalue weighted by Crippen LogP contribution is -2.29. The van der Waals surface area contributed by atoms with E-state index in [2.05, 4.69) is 0 Å². The van der Waals surface area contributed by atoms with Crippen molar-refractivity contribution >= 4 is 23.1 Å². The number of ketones is 1. The monoisotopic (exact) mass is 415 g/mol. The van der Waals surface area contributed by atoms with E-state index >= 15 is 0 Å². The maximum absolute atomic E-state index is 13.5. The zero-order valence-electron chi connectivity index (χ0n) is 17.5. The second-order valence-corrected chi connectivity index (χ2v) is 7.88. The number of anilines is 1. The van der Waals surface area contributed by atoms with E-state index in [0.717, 1.165) is 16.7 Å². The summed E-state index contributed by atoms with van der Waals surface area (Å²) in [5.74, 6) is -2.18. The van der Waals surface area contributed by atoms with Gasteiger partial charge in [0.1, 0.15) is 11.6 Å². The van der Waals surface area contributed by atoms with E-state index in [4.69, 9.17) is 0 Å². The molecule has 0 radical (unpaired) electrons. The first-order valence-electron chi connectivity index (χ1n) is 9.98. The Hall–Kier alpha value is -3.73. The van der Waals surface area contributed by atoms with Crippen molar-refractivity contribution in [1.82, 2.24) is 0 Å². The minimum atomic E-state index is -0.828. The lowest BCUT2D eigenvalue weighted by Gasteiger charge is -2.26. The molecule has 4 rings (SSSR count). The average molecular weight is 415 g/mol. The van der Waals surface area contributed by atoms with E-state index in [0.29, 0.717) is 16.8 Å². The van der Waals surface area contributed by atoms with Crippen molar-refractivity contribution in [1.29, 1.82) is 0 Å². The lowest BCUT2D eigenvalue weighted by atomic mass is 9.92. The zero-order valence-corrected chi connectivity index (χ0v) is 17.5. The van der Waals surface area contributed by atoms with Gasteiger partial charge in [-0.05, 0) is 62.2 Å². The molecule has 156 valence electrons. The number of carbonyl (C=O) groups is 2. The molecule has 1 aliphatic rings. The summed E-state index contributed by atoms with van der Waals surface area (Å²) in [5.41, 5.74) is 4.27. The Morgan fingerprint density at radius 2 is 1.58 bits per heavy atom. The second-order valence-electron chi connectivity index (χ2n) is 7.88. The smallest absolute Gasteiger partial charge is 0.300 e. The molecule has 0 aliphatic carbocycles. The van der Waals surface area contributed by atoms with Crippen LogP contribution >= 0.6 is 0 Å². The van der Waals surface area contributed by atoms with E-state index in [1.165, 1.54) is 29.2 Å². The van der Waals surface area contributed by atoms with Crippen LogP contribution in [0.5, 0.6) is 0 Å². The molecular weight excluding hydrogens is 393 g/mol. The molecule has 1 saturated heterocycles. The highest BCUT2D eigenvalue weighted by Gasteiger charge is 2.47. The molecule has 1 aliphatic heterocycles. The number of aryl methyl sites for hydroxylation is 3. The van der Waals surface area contributed by atoms with Gasteiger partial charge in [-0.1, -0.05) is 47.5 Å². The second kappa shape index (κ2) is 7.84. The molecule has 0 saturated carbocycles. The first-order valence-corrected chi connectivity index (χ1v) is 9.98. The maximum Gasteiger partial charge on any atom is 0.300 e. The molecule has 1 fully saturated rings. The average Bonchev–Trinajstić information content (AvgIpc) is 3.01. The van der Waals surface area contributed by atoms with Crippen molar-refractivity contribution in [3.8, 4) is 0 Å². The lowest BCUT2D eigenvalue weighted by molar-refractivity contribution is -0.132. The maximum atomic E-state index is 13.5. The number of carbonyl (C=O) groups excluding carboxylic acids is 2. The Morgan fingerprint density at radius 3 is 2.26 bits per heavy atom. The van der Waals surface area contributed by atoms with Gasteiger partial charge in [-0.25, -0.2) is 4.39 Å². The minimum absolute atomic E-state index is 0.0219. The van der Waals surface area contributed by atoms with Crippen LogP contribution in [-0.4, -0.2) is 16.8 Å². The van der Waals surface area contributed by atoms with Crippen LogP contribution in [0.15, 0.2) is 72.3 Å². The SMILES string of the molecule is Cc1cccc(C2/C(=C(\O)c3cc(C)ccc3C)C(=O)C(=O)N2c2ccc(F)cc2)c1. The predicted octanol–water partition coefficient (Wildman–Crippen LogP) is 5.38. The number of hydrogen-bond donors (Lipinski definition) is 1. The number of benzene rings is 3. The van der Waals surface area contributed by atoms with Gasteiger partial charge in [0.25, 0.3) is 11.7 Å². The summed E-state index contributed by atoms with van der Waals surface area (Å²) in [5, 5.41) is 11.2. The van der Waals surface area contributed by atoms with Gasteiger partial charge in [-0.3, -0.25) is 14.5 Å². The molecule has 1 atom stereocenters. The predicted molar refractivity (Wildman–Crippen MR) is 118 cm³/mol. The van der Waals surface area contributed by atoms with E-state index in [1.54, 1.807) is 6.07 Å². The molecule has 1 unspecified atom stereocenters. The van der Waals surface area contributed by atoms with E-state index in [1.807, 2.05) is 57.2 Å². The highest BCUT2D eigenvalue weighted by atomic mass is 19.1. The zero-order chi connectivity index (χ0) is 22.3. The first-order chi connectivity index (χ1) is 14.8. The minimum Gasteiger partial charge on any atom is -0.507 e. The van der Waals surface area contributed by atoms with Crippen LogP contribution in [0.25, 0.3) is 5.76 Å². The van der Waals surface area contributed by atoms with Gasteiger partial charge in [0.15, 0.2) is 0 Å². The number of amides is 1. The topological polar surface area (TPSA) is 57.6 Å². The molecule has 0 spiro atoms. The van der Waals surface area contributed by atoms with E-state index < -0.39 is 23.5 Å². The van der Waals surface area contributed by atoms with Gasteiger partial charge in [-0.2, -0.15) is 0 Å². The molecule has 0 bridgehead atoms. The van der Waals surface area contributed by atoms with E-state index in [9.17, 15) is 19.1 Å². The third kappa shape index (κ3) is 3.63. The summed E-state index contributed by atoms with van der Waals surface area (Å²) in [6, 6.07) is 17.6. The summed E-state index contributed by atoms with van der Waals surface area (Å²) in [6.07, 6.45) is 0. The van der Waals surface area contributed by atoms with Crippen molar-refractivity contribution in [2.24, 2.45) is 0 Å². The van der Waals surface area contributed by atoms with Gasteiger partial charge in [0, 0.05) is 11.3 Å². The number of halogens is 1. The van der Waals surface area contributed by atoms with Crippen LogP contribution in [0, 0.1) is 26.6 Å². The third-order valence-corrected chi connectivity index (χ3v) is 5.56. The molecular formula is C26H22FNO3. The fourth-order valence-electron chi connectivity index (χ4n) is 3.99. The van der Waals surface area contributed by atoms with Crippen molar-refractivity contribution < 1.29 is 19.1 Å². The number of rotatable bonds is 3. The molecule has 3 aromatic carbocycles. The van der Waals surface area contributed by atoms with E-state index in [-0.39, 0.29) is 11.3 Å². The van der Waals surface area contributed by atoms with Gasteiger partial charge >= 0.3 is 0 Å². The molecule has 3 aromatic rings. The van der Waals surface area contributed by atoms with Crippen LogP contribution in [0.1, 0.15) is 33.9 Å². The van der Waals surface area contributed by atoms with Crippen LogP contribution in [-0.2, 0) is 9.59 Å². The summed E-state index contributed by atoms with van der Waals surface area (Å²) in [4.78, 5) is 27.6. The first kappa shape index (κ1) is 20.5. The van der Waals surface area contributed by atoms with Gasteiger partial charge in [0.2, 0.25) is 0 Å². The number of aliphatic hydroxyl groups excluding tert-OH is 1. The van der Waals surface area contributed by atoms with Crippen LogP contribution < -0.4 is 4.90 Å². The molecule has 1 amide bonds. The fraction of sp³-hybridized carbons (Fsp3) is 0.154. The Bertz CT molecular complexity index is 1230. The Labute approximate surface area is 180 Å². The summed E-state index contributed by atoms with van der Waals surface area (Å²) in [7, 11) is 0. The highest BCUT2D eigenvalue weighted by Crippen LogP contribution is 2.42. The van der Waals surface area contributed by atoms with Gasteiger partial charge in [0.05, 0.1) is 11.6 Å². The normalized spacial score (nSPS) is 17.9. The number of Topliss-reactive ketones (excluding diaryl/α,β-unsaturated/α-hetero) is 1. The fourth-order valence-corrected chi connectivity index (χ4v) is 3.99. The number of nitrogens with zero attached hydrogens (tertiary/aromatic N) is 1. The summed E-state index contributed by atoms with van der Waals surface area (Å²) in [6.45, 7) is 5.65. The Morgan fingerprint density at radius 1 is 0.903 bits per heavy atom. The van der Waals surface area contributed by atoms with Crippen LogP contribution in [0.4, 0.5) is 10.1 Å². The van der Waals surface area contributed by atoms with Gasteiger partial charge < -0.3 is 5.11 Å². The van der Waals surface area contributed by atoms with Crippen molar-refractivity contribution in [3.05, 3.63) is 106 Å². The summed E-state index contributed by atoms with van der Waals surface area (Å²) >= 11 is 0. The summed E-state index contributed by atoms with van der Waals surface area (Å²) < 4.78 is 13.5. The Balaban J connectivity index is 1.99. The number of aliphatic hydroxyl groups is 1. The van der Waals surface area contributed by atoms with Gasteiger partial charge in [-0.15, -0.1) is 0 Å². The Kier molecular flexibility index (Phi) is 5.19. The highest BCUT2D eigenvalue weighted by molar-refractivity contribution is 6.51. The van der Waals surface area contributed by atoms with Crippen LogP contribution in [0.2, 0.25) is 0 Å². The molecule has 4 nitrogen and oxygen atoms in total. The molecule has 5 heteroatoms. The van der Waals surface area contributed by atoms with Crippen molar-refractivity contribution in [2.45, 2.75) is 26.8 Å². The molecule has 1 N–H and O–H groups in total. The van der Waals surface area contributed by atoms with Crippen LogP contribution in [0.3, 0.4) is 0 Å². The molecule has 31 heavy (non-hydrogen) atoms. The van der Waals surface area contributed by atoms with Crippen molar-refractivity contribution in [2.75, 3.05) is 4.90 Å². The van der Waals surface area contributed by atoms with Crippen molar-refractivity contribution in [3.63, 3.8) is 0 Å².